The Morgan fingerprint density at radius 3 is 2.72 bits per heavy atom. The second kappa shape index (κ2) is 8.70. The van der Waals surface area contributed by atoms with E-state index in [1.54, 1.807) is 0 Å². The molecule has 1 aromatic carbocycles. The van der Waals surface area contributed by atoms with Crippen LogP contribution in [0.25, 0.3) is 22.4 Å². The van der Waals surface area contributed by atoms with Crippen LogP contribution in [-0.4, -0.2) is 61.2 Å². The molecule has 5 rings (SSSR count). The Bertz CT molecular complexity index is 1270. The van der Waals surface area contributed by atoms with Crippen molar-refractivity contribution in [3.8, 4) is 11.3 Å². The Hall–Kier alpha value is -3.26. The van der Waals surface area contributed by atoms with Crippen LogP contribution in [0.2, 0.25) is 0 Å². The number of nitrogens with zero attached hydrogens (tertiary/aromatic N) is 6. The first kappa shape index (κ1) is 20.6. The number of benzene rings is 1. The average Bonchev–Trinajstić information content (AvgIpc) is 3.53. The molecule has 4 aromatic rings. The van der Waals surface area contributed by atoms with Crippen LogP contribution in [0.3, 0.4) is 0 Å². The maximum atomic E-state index is 12.3. The number of aromatic nitrogens is 5. The van der Waals surface area contributed by atoms with Crippen molar-refractivity contribution >= 4 is 17.1 Å². The summed E-state index contributed by atoms with van der Waals surface area (Å²) in [6.45, 7) is 8.16. The van der Waals surface area contributed by atoms with Crippen molar-refractivity contribution in [2.24, 2.45) is 0 Å². The van der Waals surface area contributed by atoms with Gasteiger partial charge in [-0.2, -0.15) is 5.10 Å². The highest BCUT2D eigenvalue weighted by atomic mass is 16.1. The van der Waals surface area contributed by atoms with Crippen LogP contribution in [0.4, 0.5) is 0 Å². The van der Waals surface area contributed by atoms with E-state index in [0.717, 1.165) is 47.9 Å². The first-order valence-electron chi connectivity index (χ1n) is 11.4. The van der Waals surface area contributed by atoms with Crippen LogP contribution in [0.15, 0.2) is 36.7 Å². The van der Waals surface area contributed by atoms with Crippen molar-refractivity contribution in [2.45, 2.75) is 39.5 Å². The Labute approximate surface area is 187 Å². The molecule has 8 heteroatoms. The van der Waals surface area contributed by atoms with Gasteiger partial charge in [-0.25, -0.2) is 4.52 Å². The molecule has 0 atom stereocenters. The van der Waals surface area contributed by atoms with Gasteiger partial charge in [-0.05, 0) is 63.0 Å². The second-order valence-electron chi connectivity index (χ2n) is 8.67. The lowest BCUT2D eigenvalue weighted by atomic mass is 10.0. The van der Waals surface area contributed by atoms with Gasteiger partial charge in [0.15, 0.2) is 5.65 Å². The molecular weight excluding hydrogens is 402 g/mol. The van der Waals surface area contributed by atoms with Crippen molar-refractivity contribution in [3.63, 3.8) is 0 Å². The molecule has 4 heterocycles. The molecule has 1 aliphatic rings. The van der Waals surface area contributed by atoms with Gasteiger partial charge in [0, 0.05) is 43.9 Å². The normalized spacial score (nSPS) is 14.6. The lowest BCUT2D eigenvalue weighted by Crippen LogP contribution is -2.33. The molecule has 0 bridgehead atoms. The Morgan fingerprint density at radius 2 is 1.91 bits per heavy atom. The summed E-state index contributed by atoms with van der Waals surface area (Å²) in [6, 6.07) is 8.42. The van der Waals surface area contributed by atoms with Crippen molar-refractivity contribution in [3.05, 3.63) is 53.6 Å². The Morgan fingerprint density at radius 1 is 1.06 bits per heavy atom. The molecule has 8 nitrogen and oxygen atoms in total. The average molecular weight is 432 g/mol. The summed E-state index contributed by atoms with van der Waals surface area (Å²) < 4.78 is 3.79. The van der Waals surface area contributed by atoms with E-state index in [-0.39, 0.29) is 5.91 Å². The molecule has 1 amide bonds. The van der Waals surface area contributed by atoms with Gasteiger partial charge in [-0.1, -0.05) is 12.1 Å². The zero-order chi connectivity index (χ0) is 22.1. The molecule has 1 saturated heterocycles. The highest BCUT2D eigenvalue weighted by Gasteiger charge is 2.15. The number of nitrogens with one attached hydrogen (secondary N) is 1. The molecule has 32 heavy (non-hydrogen) atoms. The second-order valence-corrected chi connectivity index (χ2v) is 8.67. The first-order chi connectivity index (χ1) is 15.6. The number of aryl methyl sites for hydroxylation is 3. The summed E-state index contributed by atoms with van der Waals surface area (Å²) in [5.74, 6) is 0.842. The van der Waals surface area contributed by atoms with Gasteiger partial charge in [0.05, 0.1) is 5.69 Å². The third-order valence-electron chi connectivity index (χ3n) is 6.42. The monoisotopic (exact) mass is 431 g/mol. The maximum absolute atomic E-state index is 12.3. The minimum atomic E-state index is 0.0587. The molecule has 0 unspecified atom stereocenters. The molecule has 3 aromatic heterocycles. The topological polar surface area (TPSA) is 79.8 Å². The number of hydrogen-bond donors (Lipinski definition) is 1. The molecular formula is C24H29N7O. The van der Waals surface area contributed by atoms with Gasteiger partial charge in [0.2, 0.25) is 5.91 Å². The largest absolute Gasteiger partial charge is 0.355 e. The smallest absolute Gasteiger partial charge is 0.220 e. The van der Waals surface area contributed by atoms with Gasteiger partial charge < -0.3 is 10.2 Å². The quantitative estimate of drug-likeness (QED) is 0.487. The minimum absolute atomic E-state index is 0.0587. The number of carbonyl (C=O) groups is 1. The number of rotatable bonds is 7. The van der Waals surface area contributed by atoms with E-state index in [2.05, 4.69) is 52.5 Å². The lowest BCUT2D eigenvalue weighted by molar-refractivity contribution is -0.121. The molecule has 1 aliphatic heterocycles. The van der Waals surface area contributed by atoms with Crippen LogP contribution in [-0.2, 0) is 11.2 Å². The number of amides is 1. The van der Waals surface area contributed by atoms with Crippen molar-refractivity contribution in [1.29, 1.82) is 0 Å². The number of likely N-dealkylation sites (tertiary alicyclic amines) is 1. The molecule has 1 N–H and O–H groups in total. The summed E-state index contributed by atoms with van der Waals surface area (Å²) >= 11 is 0. The third kappa shape index (κ3) is 4.10. The summed E-state index contributed by atoms with van der Waals surface area (Å²) in [5, 5.41) is 16.5. The van der Waals surface area contributed by atoms with Crippen LogP contribution >= 0.6 is 0 Å². The fourth-order valence-electron chi connectivity index (χ4n) is 4.35. The van der Waals surface area contributed by atoms with E-state index in [0.29, 0.717) is 19.4 Å². The number of carbonyl (C=O) groups excluding carboxylic acids is 1. The van der Waals surface area contributed by atoms with E-state index in [9.17, 15) is 4.79 Å². The van der Waals surface area contributed by atoms with Gasteiger partial charge >= 0.3 is 0 Å². The van der Waals surface area contributed by atoms with Crippen molar-refractivity contribution in [1.82, 2.24) is 34.4 Å². The van der Waals surface area contributed by atoms with Crippen molar-refractivity contribution < 1.29 is 4.79 Å². The summed E-state index contributed by atoms with van der Waals surface area (Å²) in [7, 11) is 0. The van der Waals surface area contributed by atoms with Crippen LogP contribution in [0.1, 0.15) is 36.2 Å². The summed E-state index contributed by atoms with van der Waals surface area (Å²) in [4.78, 5) is 14.7. The summed E-state index contributed by atoms with van der Waals surface area (Å²) in [6.07, 6.45) is 7.31. The lowest BCUT2D eigenvalue weighted by Gasteiger charge is -2.14. The minimum Gasteiger partial charge on any atom is -0.355 e. The fraction of sp³-hybridized carbons (Fsp3) is 0.417. The SMILES string of the molecule is Cc1ccc(-c2cc3c4nnc(CCC(=O)NCCN5CCCC5)n4ccn3n2)cc1C. The van der Waals surface area contributed by atoms with Crippen LogP contribution in [0.5, 0.6) is 0 Å². The predicted octanol–water partition coefficient (Wildman–Crippen LogP) is 2.81. The first-order valence-corrected chi connectivity index (χ1v) is 11.4. The molecule has 166 valence electrons. The van der Waals surface area contributed by atoms with Crippen LogP contribution < -0.4 is 5.32 Å². The van der Waals surface area contributed by atoms with E-state index in [1.807, 2.05) is 27.4 Å². The molecule has 0 radical (unpaired) electrons. The van der Waals surface area contributed by atoms with Gasteiger partial charge in [-0.15, -0.1) is 10.2 Å². The van der Waals surface area contributed by atoms with Gasteiger partial charge in [-0.3, -0.25) is 9.20 Å². The van der Waals surface area contributed by atoms with Crippen molar-refractivity contribution in [2.75, 3.05) is 26.2 Å². The Balaban J connectivity index is 1.28. The highest BCUT2D eigenvalue weighted by Crippen LogP contribution is 2.24. The molecule has 1 fully saturated rings. The molecule has 0 aliphatic carbocycles. The maximum Gasteiger partial charge on any atom is 0.220 e. The summed E-state index contributed by atoms with van der Waals surface area (Å²) in [5.41, 5.74) is 6.15. The zero-order valence-corrected chi connectivity index (χ0v) is 18.7. The van der Waals surface area contributed by atoms with Gasteiger partial charge in [0.25, 0.3) is 0 Å². The third-order valence-corrected chi connectivity index (χ3v) is 6.42. The Kier molecular flexibility index (Phi) is 5.61. The van der Waals surface area contributed by atoms with E-state index < -0.39 is 0 Å². The van der Waals surface area contributed by atoms with E-state index in [4.69, 9.17) is 5.10 Å². The highest BCUT2D eigenvalue weighted by molar-refractivity contribution is 5.77. The van der Waals surface area contributed by atoms with E-state index in [1.165, 1.54) is 24.0 Å². The van der Waals surface area contributed by atoms with E-state index >= 15 is 0 Å². The number of fused-ring (bicyclic) bond motifs is 3. The van der Waals surface area contributed by atoms with Gasteiger partial charge in [0.1, 0.15) is 11.3 Å². The number of hydrogen-bond acceptors (Lipinski definition) is 5. The molecule has 0 saturated carbocycles. The fourth-order valence-corrected chi connectivity index (χ4v) is 4.35. The zero-order valence-electron chi connectivity index (χ0n) is 18.7. The predicted molar refractivity (Wildman–Crippen MR) is 124 cm³/mol. The van der Waals surface area contributed by atoms with Crippen LogP contribution in [0, 0.1) is 13.8 Å². The molecule has 0 spiro atoms. The standard InChI is InChI=1S/C24H29N7O/c1-17-5-6-19(15-18(17)2)20-16-21-24-27-26-22(30(24)13-14-31(21)28-20)7-8-23(32)25-9-12-29-10-3-4-11-29/h5-6,13-16H,3-4,7-12H2,1-2H3,(H,25,32).